The first-order valence-corrected chi connectivity index (χ1v) is 9.58. The third-order valence-corrected chi connectivity index (χ3v) is 5.11. The van der Waals surface area contributed by atoms with Gasteiger partial charge in [0.05, 0.1) is 6.61 Å². The smallest absolute Gasteiger partial charge is 0.333 e. The second kappa shape index (κ2) is 7.49. The highest BCUT2D eigenvalue weighted by Gasteiger charge is 2.27. The van der Waals surface area contributed by atoms with Gasteiger partial charge in [0, 0.05) is 31.9 Å². The summed E-state index contributed by atoms with van der Waals surface area (Å²) in [6.45, 7) is 4.58. The van der Waals surface area contributed by atoms with Gasteiger partial charge in [-0.3, -0.25) is 19.0 Å². The molecule has 4 rings (SSSR count). The van der Waals surface area contributed by atoms with Crippen molar-refractivity contribution in [3.05, 3.63) is 45.0 Å². The van der Waals surface area contributed by atoms with Crippen molar-refractivity contribution in [2.24, 2.45) is 0 Å². The molecule has 0 saturated carbocycles. The van der Waals surface area contributed by atoms with Crippen LogP contribution >= 0.6 is 0 Å². The summed E-state index contributed by atoms with van der Waals surface area (Å²) >= 11 is 0. The molecule has 1 aromatic carbocycles. The third-order valence-electron chi connectivity index (χ3n) is 5.11. The number of hydrogen-bond acceptors (Lipinski definition) is 6. The van der Waals surface area contributed by atoms with Crippen LogP contribution < -0.4 is 20.8 Å². The summed E-state index contributed by atoms with van der Waals surface area (Å²) in [6, 6.07) is 7.48. The number of hydrogen-bond donors (Lipinski definition) is 0. The van der Waals surface area contributed by atoms with Gasteiger partial charge in [-0.2, -0.15) is 0 Å². The molecular formula is C19H23N5O4. The van der Waals surface area contributed by atoms with Gasteiger partial charge < -0.3 is 14.5 Å². The molecule has 0 spiro atoms. The molecule has 0 bridgehead atoms. The van der Waals surface area contributed by atoms with Crippen LogP contribution in [0.1, 0.15) is 19.8 Å². The first-order valence-electron chi connectivity index (χ1n) is 9.58. The first-order chi connectivity index (χ1) is 13.6. The van der Waals surface area contributed by atoms with Crippen LogP contribution in [0.3, 0.4) is 0 Å². The summed E-state index contributed by atoms with van der Waals surface area (Å²) < 4.78 is 7.83. The molecule has 2 aliphatic heterocycles. The predicted molar refractivity (Wildman–Crippen MR) is 103 cm³/mol. The van der Waals surface area contributed by atoms with E-state index < -0.39 is 11.1 Å². The highest BCUT2D eigenvalue weighted by atomic mass is 16.5. The number of rotatable bonds is 5. The van der Waals surface area contributed by atoms with Crippen molar-refractivity contribution in [2.45, 2.75) is 32.9 Å². The average molecular weight is 385 g/mol. The second-order valence-corrected chi connectivity index (χ2v) is 6.89. The molecule has 9 heteroatoms. The molecule has 1 saturated heterocycles. The molecule has 0 aliphatic carbocycles. The number of anilines is 2. The van der Waals surface area contributed by atoms with Gasteiger partial charge in [0.1, 0.15) is 12.3 Å². The number of benzene rings is 1. The summed E-state index contributed by atoms with van der Waals surface area (Å²) in [6.07, 6.45) is 1.93. The van der Waals surface area contributed by atoms with Crippen LogP contribution in [0.15, 0.2) is 33.9 Å². The van der Waals surface area contributed by atoms with Crippen LogP contribution in [-0.4, -0.2) is 51.4 Å². The summed E-state index contributed by atoms with van der Waals surface area (Å²) in [5.41, 5.74) is -0.560. The second-order valence-electron chi connectivity index (χ2n) is 6.89. The maximum atomic E-state index is 12.5. The lowest BCUT2D eigenvalue weighted by Gasteiger charge is -2.19. The Labute approximate surface area is 161 Å². The van der Waals surface area contributed by atoms with Gasteiger partial charge in [0.25, 0.3) is 0 Å². The van der Waals surface area contributed by atoms with E-state index in [4.69, 9.17) is 4.74 Å². The van der Waals surface area contributed by atoms with Crippen molar-refractivity contribution < 1.29 is 9.53 Å². The van der Waals surface area contributed by atoms with Gasteiger partial charge in [0.2, 0.25) is 11.9 Å². The first kappa shape index (κ1) is 18.3. The summed E-state index contributed by atoms with van der Waals surface area (Å²) in [4.78, 5) is 40.9. The molecule has 148 valence electrons. The van der Waals surface area contributed by atoms with Crippen molar-refractivity contribution >= 4 is 17.5 Å². The van der Waals surface area contributed by atoms with E-state index in [1.54, 1.807) is 4.90 Å². The Balaban J connectivity index is 1.64. The minimum Gasteiger partial charge on any atom is -0.494 e. The van der Waals surface area contributed by atoms with E-state index in [0.29, 0.717) is 38.7 Å². The molecule has 0 unspecified atom stereocenters. The molecule has 0 radical (unpaired) electrons. The van der Waals surface area contributed by atoms with Crippen LogP contribution in [0.4, 0.5) is 11.6 Å². The van der Waals surface area contributed by atoms with Crippen molar-refractivity contribution in [2.75, 3.05) is 31.1 Å². The van der Waals surface area contributed by atoms with Crippen LogP contribution in [0, 0.1) is 0 Å². The summed E-state index contributed by atoms with van der Waals surface area (Å²) in [5, 5.41) is 4.36. The van der Waals surface area contributed by atoms with Crippen molar-refractivity contribution in [1.82, 2.24) is 19.2 Å². The molecular weight excluding hydrogens is 362 g/mol. The fraction of sp³-hybridized carbons (Fsp3) is 0.474. The normalized spacial score (nSPS) is 15.8. The van der Waals surface area contributed by atoms with E-state index in [0.717, 1.165) is 29.0 Å². The van der Waals surface area contributed by atoms with E-state index >= 15 is 0 Å². The van der Waals surface area contributed by atoms with Crippen molar-refractivity contribution in [3.8, 4) is 5.75 Å². The molecule has 0 N–H and O–H groups in total. The Morgan fingerprint density at radius 2 is 1.75 bits per heavy atom. The minimum atomic E-state index is -0.759. The lowest BCUT2D eigenvalue weighted by atomic mass is 10.3. The van der Waals surface area contributed by atoms with Gasteiger partial charge in [-0.15, -0.1) is 5.10 Å². The highest BCUT2D eigenvalue weighted by Crippen LogP contribution is 2.28. The Morgan fingerprint density at radius 1 is 1.04 bits per heavy atom. The van der Waals surface area contributed by atoms with Crippen molar-refractivity contribution in [3.63, 3.8) is 0 Å². The van der Waals surface area contributed by atoms with Crippen LogP contribution in [-0.2, 0) is 17.9 Å². The van der Waals surface area contributed by atoms with Gasteiger partial charge >= 0.3 is 11.1 Å². The number of amides is 1. The fourth-order valence-corrected chi connectivity index (χ4v) is 3.66. The van der Waals surface area contributed by atoms with Gasteiger partial charge in [0.15, 0.2) is 0 Å². The number of nitrogens with zero attached hydrogens (tertiary/aromatic N) is 5. The molecule has 0 atom stereocenters. The molecule has 1 aromatic heterocycles. The molecule has 2 aliphatic rings. The zero-order chi connectivity index (χ0) is 19.7. The van der Waals surface area contributed by atoms with Gasteiger partial charge in [-0.1, -0.05) is 0 Å². The Hall–Kier alpha value is -3.10. The predicted octanol–water partition coefficient (Wildman–Crippen LogP) is 0.578. The maximum absolute atomic E-state index is 12.5. The average Bonchev–Trinajstić information content (AvgIpc) is 3.37. The van der Waals surface area contributed by atoms with E-state index in [1.807, 2.05) is 36.1 Å². The van der Waals surface area contributed by atoms with Gasteiger partial charge in [-0.05, 0) is 44.0 Å². The molecule has 9 nitrogen and oxygen atoms in total. The maximum Gasteiger partial charge on any atom is 0.333 e. The van der Waals surface area contributed by atoms with Crippen LogP contribution in [0.25, 0.3) is 0 Å². The highest BCUT2D eigenvalue weighted by molar-refractivity contribution is 5.76. The zero-order valence-electron chi connectivity index (χ0n) is 15.8. The fourth-order valence-electron chi connectivity index (χ4n) is 3.66. The van der Waals surface area contributed by atoms with Crippen molar-refractivity contribution in [1.29, 1.82) is 0 Å². The number of likely N-dealkylation sites (tertiary alicyclic amines) is 1. The standard InChI is InChI=1S/C19H23N5O4/c1-2-28-15-7-5-14(6-8-15)22-11-12-23-17(26)18(27)24(20-19(22)23)13-16(25)21-9-3-4-10-21/h5-8H,2-4,9-13H2,1H3. The number of fused-ring (bicyclic) bond motifs is 1. The molecule has 2 aromatic rings. The zero-order valence-corrected chi connectivity index (χ0v) is 15.8. The van der Waals surface area contributed by atoms with E-state index in [1.165, 1.54) is 4.57 Å². The molecule has 1 amide bonds. The SMILES string of the molecule is CCOc1ccc(N2CCn3c2nn(CC(=O)N2CCCC2)c(=O)c3=O)cc1. The van der Waals surface area contributed by atoms with Gasteiger partial charge in [-0.25, -0.2) is 4.68 Å². The lowest BCUT2D eigenvalue weighted by Crippen LogP contribution is -2.45. The molecule has 28 heavy (non-hydrogen) atoms. The summed E-state index contributed by atoms with van der Waals surface area (Å²) in [7, 11) is 0. The molecule has 1 fully saturated rings. The van der Waals surface area contributed by atoms with E-state index in [-0.39, 0.29) is 12.5 Å². The lowest BCUT2D eigenvalue weighted by molar-refractivity contribution is -0.131. The van der Waals surface area contributed by atoms with Crippen LogP contribution in [0.2, 0.25) is 0 Å². The molecule has 3 heterocycles. The van der Waals surface area contributed by atoms with E-state index in [2.05, 4.69) is 5.10 Å². The Kier molecular flexibility index (Phi) is 4.89. The number of carbonyl (C=O) groups excluding carboxylic acids is 1. The third kappa shape index (κ3) is 3.28. The number of ether oxygens (including phenoxy) is 1. The van der Waals surface area contributed by atoms with E-state index in [9.17, 15) is 14.4 Å². The monoisotopic (exact) mass is 385 g/mol. The Bertz CT molecular complexity index is 989. The summed E-state index contributed by atoms with van der Waals surface area (Å²) in [5.74, 6) is 0.960. The number of aromatic nitrogens is 3. The number of carbonyl (C=O) groups is 1. The quantitative estimate of drug-likeness (QED) is 0.700. The topological polar surface area (TPSA) is 89.7 Å². The minimum absolute atomic E-state index is 0.179. The largest absolute Gasteiger partial charge is 0.494 e. The van der Waals surface area contributed by atoms with Crippen LogP contribution in [0.5, 0.6) is 5.75 Å². The Morgan fingerprint density at radius 3 is 2.43 bits per heavy atom.